The quantitative estimate of drug-likeness (QED) is 0.648. The van der Waals surface area contributed by atoms with Gasteiger partial charge in [-0.3, -0.25) is 9.78 Å². The van der Waals surface area contributed by atoms with Crippen LogP contribution in [0, 0.1) is 0 Å². The van der Waals surface area contributed by atoms with Crippen molar-refractivity contribution in [2.45, 2.75) is 19.8 Å². The zero-order valence-corrected chi connectivity index (χ0v) is 14.9. The van der Waals surface area contributed by atoms with E-state index >= 15 is 0 Å². The predicted molar refractivity (Wildman–Crippen MR) is 103 cm³/mol. The topological polar surface area (TPSA) is 42.0 Å². The normalized spacial score (nSPS) is 10.7. The molecule has 0 saturated carbocycles. The van der Waals surface area contributed by atoms with E-state index in [4.69, 9.17) is 11.6 Å². The molecule has 4 heteroatoms. The lowest BCUT2D eigenvalue weighted by molar-refractivity contribution is 0.102. The third-order valence-electron chi connectivity index (χ3n) is 4.00. The number of carbonyl (C=O) groups is 1. The molecule has 0 bridgehead atoms. The van der Waals surface area contributed by atoms with Crippen molar-refractivity contribution in [1.29, 1.82) is 0 Å². The number of amides is 1. The molecule has 3 aromatic rings. The standard InChI is InChI=1S/C21H19ClN2O/c1-14(2)16-7-3-4-9-20(16)24-21(25)17-13-15(10-11-18(17)22)19-8-5-6-12-23-19/h3-14H,1-2H3,(H,24,25). The summed E-state index contributed by atoms with van der Waals surface area (Å²) in [7, 11) is 0. The van der Waals surface area contributed by atoms with Gasteiger partial charge in [0.25, 0.3) is 5.91 Å². The highest BCUT2D eigenvalue weighted by atomic mass is 35.5. The first-order valence-electron chi connectivity index (χ1n) is 8.17. The second kappa shape index (κ2) is 7.49. The number of carbonyl (C=O) groups excluding carboxylic acids is 1. The van der Waals surface area contributed by atoms with Crippen molar-refractivity contribution in [2.24, 2.45) is 0 Å². The molecule has 1 N–H and O–H groups in total. The Balaban J connectivity index is 1.93. The van der Waals surface area contributed by atoms with Crippen molar-refractivity contribution in [3.05, 3.63) is 83.0 Å². The van der Waals surface area contributed by atoms with E-state index in [1.807, 2.05) is 48.5 Å². The lowest BCUT2D eigenvalue weighted by Crippen LogP contribution is -2.14. The molecule has 2 aromatic carbocycles. The second-order valence-electron chi connectivity index (χ2n) is 6.11. The molecule has 0 spiro atoms. The van der Waals surface area contributed by atoms with Gasteiger partial charge in [-0.1, -0.05) is 55.8 Å². The summed E-state index contributed by atoms with van der Waals surface area (Å²) in [5, 5.41) is 3.40. The molecule has 25 heavy (non-hydrogen) atoms. The van der Waals surface area contributed by atoms with Gasteiger partial charge in [0.15, 0.2) is 0 Å². The Morgan fingerprint density at radius 3 is 2.52 bits per heavy atom. The summed E-state index contributed by atoms with van der Waals surface area (Å²) < 4.78 is 0. The highest BCUT2D eigenvalue weighted by Gasteiger charge is 2.15. The number of halogens is 1. The van der Waals surface area contributed by atoms with Crippen LogP contribution in [-0.4, -0.2) is 10.9 Å². The minimum atomic E-state index is -0.226. The summed E-state index contributed by atoms with van der Waals surface area (Å²) >= 11 is 6.27. The highest BCUT2D eigenvalue weighted by Crippen LogP contribution is 2.27. The molecule has 126 valence electrons. The van der Waals surface area contributed by atoms with Crippen LogP contribution in [0.3, 0.4) is 0 Å². The van der Waals surface area contributed by atoms with Crippen molar-refractivity contribution in [1.82, 2.24) is 4.98 Å². The molecule has 1 amide bonds. The summed E-state index contributed by atoms with van der Waals surface area (Å²) in [5.41, 5.74) is 3.99. The number of para-hydroxylation sites is 1. The first-order chi connectivity index (χ1) is 12.1. The zero-order chi connectivity index (χ0) is 17.8. The van der Waals surface area contributed by atoms with Gasteiger partial charge >= 0.3 is 0 Å². The minimum Gasteiger partial charge on any atom is -0.322 e. The summed E-state index contributed by atoms with van der Waals surface area (Å²) in [6.45, 7) is 4.19. The van der Waals surface area contributed by atoms with E-state index in [2.05, 4.69) is 24.1 Å². The molecule has 0 aliphatic rings. The number of nitrogens with one attached hydrogen (secondary N) is 1. The average Bonchev–Trinajstić information content (AvgIpc) is 2.63. The van der Waals surface area contributed by atoms with Gasteiger partial charge in [0.2, 0.25) is 0 Å². The fraction of sp³-hybridized carbons (Fsp3) is 0.143. The van der Waals surface area contributed by atoms with Crippen LogP contribution in [0.25, 0.3) is 11.3 Å². The summed E-state index contributed by atoms with van der Waals surface area (Å²) in [6, 6.07) is 18.9. The van der Waals surface area contributed by atoms with E-state index in [1.165, 1.54) is 0 Å². The van der Waals surface area contributed by atoms with Gasteiger partial charge in [-0.2, -0.15) is 0 Å². The highest BCUT2D eigenvalue weighted by molar-refractivity contribution is 6.34. The van der Waals surface area contributed by atoms with Crippen molar-refractivity contribution >= 4 is 23.2 Å². The Kier molecular flexibility index (Phi) is 5.15. The number of rotatable bonds is 4. The van der Waals surface area contributed by atoms with E-state index in [1.54, 1.807) is 18.3 Å². The van der Waals surface area contributed by atoms with Crippen molar-refractivity contribution in [3.8, 4) is 11.3 Å². The number of hydrogen-bond acceptors (Lipinski definition) is 2. The molecule has 0 atom stereocenters. The monoisotopic (exact) mass is 350 g/mol. The van der Waals surface area contributed by atoms with E-state index in [0.29, 0.717) is 16.5 Å². The van der Waals surface area contributed by atoms with E-state index in [-0.39, 0.29) is 5.91 Å². The Bertz CT molecular complexity index is 891. The molecule has 1 heterocycles. The lowest BCUT2D eigenvalue weighted by atomic mass is 10.0. The molecule has 0 saturated heterocycles. The number of aromatic nitrogens is 1. The molecule has 0 radical (unpaired) electrons. The van der Waals surface area contributed by atoms with E-state index in [0.717, 1.165) is 22.5 Å². The number of hydrogen-bond donors (Lipinski definition) is 1. The van der Waals surface area contributed by atoms with Crippen molar-refractivity contribution in [2.75, 3.05) is 5.32 Å². The number of benzene rings is 2. The van der Waals surface area contributed by atoms with Crippen molar-refractivity contribution < 1.29 is 4.79 Å². The van der Waals surface area contributed by atoms with Crippen molar-refractivity contribution in [3.63, 3.8) is 0 Å². The maximum Gasteiger partial charge on any atom is 0.257 e. The third kappa shape index (κ3) is 3.89. The molecule has 0 aliphatic carbocycles. The lowest BCUT2D eigenvalue weighted by Gasteiger charge is -2.14. The van der Waals surface area contributed by atoms with Crippen LogP contribution < -0.4 is 5.32 Å². The van der Waals surface area contributed by atoms with Crippen LogP contribution in [0.5, 0.6) is 0 Å². The molecule has 0 fully saturated rings. The second-order valence-corrected chi connectivity index (χ2v) is 6.51. The van der Waals surface area contributed by atoms with Gasteiger partial charge in [-0.15, -0.1) is 0 Å². The predicted octanol–water partition coefficient (Wildman–Crippen LogP) is 5.78. The van der Waals surface area contributed by atoms with Crippen LogP contribution in [-0.2, 0) is 0 Å². The summed E-state index contributed by atoms with van der Waals surface area (Å²) in [5.74, 6) is 0.0858. The molecule has 3 nitrogen and oxygen atoms in total. The molecule has 0 unspecified atom stereocenters. The zero-order valence-electron chi connectivity index (χ0n) is 14.2. The first-order valence-corrected chi connectivity index (χ1v) is 8.55. The van der Waals surface area contributed by atoms with Crippen LogP contribution in [0.1, 0.15) is 35.7 Å². The fourth-order valence-corrected chi connectivity index (χ4v) is 2.90. The maximum atomic E-state index is 12.8. The Morgan fingerprint density at radius 1 is 1.04 bits per heavy atom. The van der Waals surface area contributed by atoms with Gasteiger partial charge in [0.1, 0.15) is 0 Å². The number of pyridine rings is 1. The largest absolute Gasteiger partial charge is 0.322 e. The number of anilines is 1. The Labute approximate surface area is 152 Å². The fourth-order valence-electron chi connectivity index (χ4n) is 2.70. The smallest absolute Gasteiger partial charge is 0.257 e. The van der Waals surface area contributed by atoms with E-state index in [9.17, 15) is 4.79 Å². The Hall–Kier alpha value is -2.65. The molecule has 0 aliphatic heterocycles. The average molecular weight is 351 g/mol. The van der Waals surface area contributed by atoms with Crippen LogP contribution >= 0.6 is 11.6 Å². The maximum absolute atomic E-state index is 12.8. The van der Waals surface area contributed by atoms with E-state index < -0.39 is 0 Å². The molecule has 1 aromatic heterocycles. The van der Waals surface area contributed by atoms with Gasteiger partial charge in [-0.05, 0) is 41.8 Å². The van der Waals surface area contributed by atoms with Crippen LogP contribution in [0.2, 0.25) is 5.02 Å². The minimum absolute atomic E-state index is 0.226. The molecular formula is C21H19ClN2O. The third-order valence-corrected chi connectivity index (χ3v) is 4.33. The van der Waals surface area contributed by atoms with Crippen LogP contribution in [0.4, 0.5) is 5.69 Å². The van der Waals surface area contributed by atoms with Gasteiger partial charge in [-0.25, -0.2) is 0 Å². The number of nitrogens with zero attached hydrogens (tertiary/aromatic N) is 1. The molecule has 3 rings (SSSR count). The summed E-state index contributed by atoms with van der Waals surface area (Å²) in [6.07, 6.45) is 1.72. The Morgan fingerprint density at radius 2 is 1.80 bits per heavy atom. The summed E-state index contributed by atoms with van der Waals surface area (Å²) in [4.78, 5) is 17.1. The van der Waals surface area contributed by atoms with Gasteiger partial charge < -0.3 is 5.32 Å². The van der Waals surface area contributed by atoms with Crippen LogP contribution in [0.15, 0.2) is 66.9 Å². The van der Waals surface area contributed by atoms with Gasteiger partial charge in [0.05, 0.1) is 16.3 Å². The SMILES string of the molecule is CC(C)c1ccccc1NC(=O)c1cc(-c2ccccn2)ccc1Cl. The van der Waals surface area contributed by atoms with Gasteiger partial charge in [0, 0.05) is 17.4 Å². The first kappa shape index (κ1) is 17.2. The molecular weight excluding hydrogens is 332 g/mol.